The lowest BCUT2D eigenvalue weighted by molar-refractivity contribution is 0.586. The third kappa shape index (κ3) is 2.86. The minimum atomic E-state index is -0.620. The van der Waals surface area contributed by atoms with E-state index in [2.05, 4.69) is 20.3 Å². The van der Waals surface area contributed by atoms with Gasteiger partial charge in [0, 0.05) is 18.6 Å². The Balaban J connectivity index is 1.90. The van der Waals surface area contributed by atoms with Crippen LogP contribution in [0.25, 0.3) is 33.4 Å². The third-order valence-corrected chi connectivity index (χ3v) is 4.09. The summed E-state index contributed by atoms with van der Waals surface area (Å²) in [6.45, 7) is 0. The average Bonchev–Trinajstić information content (AvgIpc) is 2.67. The van der Waals surface area contributed by atoms with Crippen molar-refractivity contribution in [3.8, 4) is 22.5 Å². The van der Waals surface area contributed by atoms with E-state index < -0.39 is 5.95 Å². The number of anilines is 1. The second-order valence-corrected chi connectivity index (χ2v) is 5.73. The van der Waals surface area contributed by atoms with Gasteiger partial charge in [-0.25, -0.2) is 19.3 Å². The van der Waals surface area contributed by atoms with Gasteiger partial charge in [0.25, 0.3) is 0 Å². The van der Waals surface area contributed by atoms with E-state index in [1.807, 2.05) is 24.3 Å². The Bertz CT molecular complexity index is 1110. The van der Waals surface area contributed by atoms with Gasteiger partial charge in [0.2, 0.25) is 5.95 Å². The molecule has 26 heavy (non-hydrogen) atoms. The van der Waals surface area contributed by atoms with Crippen molar-refractivity contribution in [2.45, 2.75) is 0 Å². The standard InChI is InChI=1S/C20H14F2N4/c1-23-19-16-11-13(12-4-2-5-14(21)10-12)7-8-17(16)25-20(26-19)15-6-3-9-24-18(15)22/h2-11H,1H3,(H,23,25,26). The van der Waals surface area contributed by atoms with E-state index in [4.69, 9.17) is 0 Å². The van der Waals surface area contributed by atoms with E-state index in [-0.39, 0.29) is 17.2 Å². The van der Waals surface area contributed by atoms with Crippen molar-refractivity contribution in [3.05, 3.63) is 72.6 Å². The summed E-state index contributed by atoms with van der Waals surface area (Å²) < 4.78 is 27.5. The number of pyridine rings is 1. The molecular formula is C20H14F2N4. The molecular weight excluding hydrogens is 334 g/mol. The summed E-state index contributed by atoms with van der Waals surface area (Å²) >= 11 is 0. The van der Waals surface area contributed by atoms with E-state index in [9.17, 15) is 8.78 Å². The fourth-order valence-electron chi connectivity index (χ4n) is 2.84. The van der Waals surface area contributed by atoms with Crippen LogP contribution in [0.2, 0.25) is 0 Å². The number of halogens is 2. The van der Waals surface area contributed by atoms with Crippen molar-refractivity contribution in [1.82, 2.24) is 15.0 Å². The molecule has 2 aromatic carbocycles. The molecule has 2 heterocycles. The Morgan fingerprint density at radius 2 is 1.73 bits per heavy atom. The van der Waals surface area contributed by atoms with Gasteiger partial charge in [-0.05, 0) is 47.5 Å². The first-order valence-corrected chi connectivity index (χ1v) is 8.02. The zero-order valence-corrected chi connectivity index (χ0v) is 13.9. The number of aromatic nitrogens is 3. The highest BCUT2D eigenvalue weighted by Gasteiger charge is 2.13. The Hall–Kier alpha value is -3.41. The Morgan fingerprint density at radius 3 is 2.50 bits per heavy atom. The van der Waals surface area contributed by atoms with Gasteiger partial charge in [-0.3, -0.25) is 0 Å². The highest BCUT2D eigenvalue weighted by atomic mass is 19.1. The number of benzene rings is 2. The van der Waals surface area contributed by atoms with Gasteiger partial charge >= 0.3 is 0 Å². The molecule has 0 spiro atoms. The summed E-state index contributed by atoms with van der Waals surface area (Å²) in [7, 11) is 1.74. The molecule has 0 aliphatic carbocycles. The molecule has 0 radical (unpaired) electrons. The first-order chi connectivity index (χ1) is 12.7. The predicted octanol–water partition coefficient (Wildman–Crippen LogP) is 4.68. The lowest BCUT2D eigenvalue weighted by Gasteiger charge is -2.10. The number of rotatable bonds is 3. The molecule has 128 valence electrons. The lowest BCUT2D eigenvalue weighted by Crippen LogP contribution is -2.00. The lowest BCUT2D eigenvalue weighted by atomic mass is 10.0. The third-order valence-electron chi connectivity index (χ3n) is 4.09. The van der Waals surface area contributed by atoms with Crippen LogP contribution in [0.4, 0.5) is 14.6 Å². The van der Waals surface area contributed by atoms with Crippen LogP contribution in [0.3, 0.4) is 0 Å². The van der Waals surface area contributed by atoms with Crippen molar-refractivity contribution < 1.29 is 8.78 Å². The Labute approximate surface area is 148 Å². The van der Waals surface area contributed by atoms with Gasteiger partial charge in [-0.2, -0.15) is 4.39 Å². The largest absolute Gasteiger partial charge is 0.373 e. The minimum Gasteiger partial charge on any atom is -0.373 e. The maximum atomic E-state index is 14.0. The van der Waals surface area contributed by atoms with Crippen LogP contribution in [0.1, 0.15) is 0 Å². The predicted molar refractivity (Wildman–Crippen MR) is 97.7 cm³/mol. The van der Waals surface area contributed by atoms with E-state index in [1.165, 1.54) is 18.3 Å². The summed E-state index contributed by atoms with van der Waals surface area (Å²) in [5.74, 6) is -0.0992. The molecule has 4 aromatic rings. The number of nitrogens with zero attached hydrogens (tertiary/aromatic N) is 3. The van der Waals surface area contributed by atoms with Crippen LogP contribution in [0.5, 0.6) is 0 Å². The van der Waals surface area contributed by atoms with E-state index in [0.717, 1.165) is 16.5 Å². The Morgan fingerprint density at radius 1 is 0.885 bits per heavy atom. The van der Waals surface area contributed by atoms with Gasteiger partial charge in [0.15, 0.2) is 5.82 Å². The van der Waals surface area contributed by atoms with Gasteiger partial charge in [0.05, 0.1) is 11.1 Å². The zero-order chi connectivity index (χ0) is 18.1. The molecule has 1 N–H and O–H groups in total. The van der Waals surface area contributed by atoms with Crippen LogP contribution >= 0.6 is 0 Å². The first kappa shape index (κ1) is 16.1. The van der Waals surface area contributed by atoms with Crippen molar-refractivity contribution in [3.63, 3.8) is 0 Å². The molecule has 0 saturated heterocycles. The van der Waals surface area contributed by atoms with Crippen molar-refractivity contribution in [2.75, 3.05) is 12.4 Å². The molecule has 0 aliphatic heterocycles. The molecule has 0 unspecified atom stereocenters. The molecule has 0 amide bonds. The van der Waals surface area contributed by atoms with Gasteiger partial charge in [0.1, 0.15) is 11.6 Å². The quantitative estimate of drug-likeness (QED) is 0.546. The summed E-state index contributed by atoms with van der Waals surface area (Å²) in [5.41, 5.74) is 2.50. The average molecular weight is 348 g/mol. The maximum absolute atomic E-state index is 14.0. The second-order valence-electron chi connectivity index (χ2n) is 5.73. The molecule has 0 aliphatic rings. The van der Waals surface area contributed by atoms with Crippen LogP contribution in [0.15, 0.2) is 60.8 Å². The highest BCUT2D eigenvalue weighted by molar-refractivity contribution is 5.93. The fraction of sp³-hybridized carbons (Fsp3) is 0.0500. The molecule has 4 nitrogen and oxygen atoms in total. The van der Waals surface area contributed by atoms with Crippen LogP contribution in [0, 0.1) is 11.8 Å². The monoisotopic (exact) mass is 348 g/mol. The van der Waals surface area contributed by atoms with Crippen LogP contribution in [-0.4, -0.2) is 22.0 Å². The topological polar surface area (TPSA) is 50.7 Å². The Kier molecular flexibility index (Phi) is 4.01. The summed E-state index contributed by atoms with van der Waals surface area (Å²) in [5, 5.41) is 3.79. The van der Waals surface area contributed by atoms with Gasteiger partial charge in [-0.1, -0.05) is 18.2 Å². The summed E-state index contributed by atoms with van der Waals surface area (Å²) in [4.78, 5) is 12.5. The summed E-state index contributed by atoms with van der Waals surface area (Å²) in [6, 6.07) is 15.2. The van der Waals surface area contributed by atoms with Crippen LogP contribution in [-0.2, 0) is 0 Å². The van der Waals surface area contributed by atoms with Gasteiger partial charge < -0.3 is 5.32 Å². The molecule has 0 saturated carbocycles. The number of fused-ring (bicyclic) bond motifs is 1. The molecule has 0 fully saturated rings. The maximum Gasteiger partial charge on any atom is 0.223 e. The van der Waals surface area contributed by atoms with Gasteiger partial charge in [-0.15, -0.1) is 0 Å². The van der Waals surface area contributed by atoms with Crippen molar-refractivity contribution in [2.24, 2.45) is 0 Å². The molecule has 0 bridgehead atoms. The molecule has 6 heteroatoms. The van der Waals surface area contributed by atoms with E-state index >= 15 is 0 Å². The van der Waals surface area contributed by atoms with Crippen LogP contribution < -0.4 is 5.32 Å². The smallest absolute Gasteiger partial charge is 0.223 e. The van der Waals surface area contributed by atoms with E-state index in [1.54, 1.807) is 25.2 Å². The van der Waals surface area contributed by atoms with E-state index in [0.29, 0.717) is 11.3 Å². The number of hydrogen-bond acceptors (Lipinski definition) is 4. The second kappa shape index (κ2) is 6.48. The minimum absolute atomic E-state index is 0.236. The fourth-order valence-corrected chi connectivity index (χ4v) is 2.84. The zero-order valence-electron chi connectivity index (χ0n) is 13.9. The normalized spacial score (nSPS) is 10.9. The number of hydrogen-bond donors (Lipinski definition) is 1. The number of nitrogens with one attached hydrogen (secondary N) is 1. The summed E-state index contributed by atoms with van der Waals surface area (Å²) in [6.07, 6.45) is 1.38. The first-order valence-electron chi connectivity index (χ1n) is 8.02. The highest BCUT2D eigenvalue weighted by Crippen LogP contribution is 2.30. The molecule has 0 atom stereocenters. The van der Waals surface area contributed by atoms with Crippen molar-refractivity contribution in [1.29, 1.82) is 0 Å². The molecule has 2 aromatic heterocycles. The molecule has 4 rings (SSSR count). The SMILES string of the molecule is CNc1nc(-c2cccnc2F)nc2ccc(-c3cccc(F)c3)cc12. The van der Waals surface area contributed by atoms with Crippen molar-refractivity contribution >= 4 is 16.7 Å².